The van der Waals surface area contributed by atoms with Crippen LogP contribution in [0.25, 0.3) is 0 Å². The van der Waals surface area contributed by atoms with Crippen LogP contribution in [0.3, 0.4) is 0 Å². The van der Waals surface area contributed by atoms with Gasteiger partial charge in [0.1, 0.15) is 6.10 Å². The molecule has 12 heavy (non-hydrogen) atoms. The van der Waals surface area contributed by atoms with Gasteiger partial charge in [0.2, 0.25) is 5.23 Å². The molecule has 0 aromatic heterocycles. The van der Waals surface area contributed by atoms with E-state index in [9.17, 15) is 0 Å². The summed E-state index contributed by atoms with van der Waals surface area (Å²) in [7, 11) is 0. The zero-order valence-electron chi connectivity index (χ0n) is 8.26. The van der Waals surface area contributed by atoms with Crippen LogP contribution >= 0.6 is 11.8 Å². The summed E-state index contributed by atoms with van der Waals surface area (Å²) in [6.45, 7) is 8.53. The molecule has 0 radical (unpaired) electrons. The SMILES string of the molecule is CCSC1=NC(C)(C)CC(C)O1. The lowest BCUT2D eigenvalue weighted by molar-refractivity contribution is 0.152. The van der Waals surface area contributed by atoms with Crippen molar-refractivity contribution < 1.29 is 4.74 Å². The van der Waals surface area contributed by atoms with Crippen LogP contribution in [0.2, 0.25) is 0 Å². The molecule has 0 saturated carbocycles. The third-order valence-electron chi connectivity index (χ3n) is 1.75. The van der Waals surface area contributed by atoms with E-state index in [-0.39, 0.29) is 5.54 Å². The highest BCUT2D eigenvalue weighted by Crippen LogP contribution is 2.26. The van der Waals surface area contributed by atoms with Crippen molar-refractivity contribution in [2.24, 2.45) is 4.99 Å². The van der Waals surface area contributed by atoms with Crippen LogP contribution in [0.15, 0.2) is 4.99 Å². The molecular weight excluding hydrogens is 170 g/mol. The standard InChI is InChI=1S/C9H17NOS/c1-5-12-8-10-9(3,4)6-7(2)11-8/h7H,5-6H2,1-4H3. The highest BCUT2D eigenvalue weighted by Gasteiger charge is 2.27. The second-order valence-corrected chi connectivity index (χ2v) is 4.97. The van der Waals surface area contributed by atoms with Gasteiger partial charge in [0.05, 0.1) is 5.54 Å². The molecule has 1 atom stereocenters. The lowest BCUT2D eigenvalue weighted by atomic mass is 9.98. The van der Waals surface area contributed by atoms with Gasteiger partial charge in [0.15, 0.2) is 0 Å². The lowest BCUT2D eigenvalue weighted by Gasteiger charge is -2.30. The van der Waals surface area contributed by atoms with Gasteiger partial charge in [-0.1, -0.05) is 18.7 Å². The zero-order valence-corrected chi connectivity index (χ0v) is 9.07. The first-order valence-electron chi connectivity index (χ1n) is 4.43. The summed E-state index contributed by atoms with van der Waals surface area (Å²) < 4.78 is 5.58. The number of thioether (sulfide) groups is 1. The Labute approximate surface area is 78.8 Å². The predicted octanol–water partition coefficient (Wildman–Crippen LogP) is 2.68. The van der Waals surface area contributed by atoms with Gasteiger partial charge >= 0.3 is 0 Å². The largest absolute Gasteiger partial charge is 0.470 e. The highest BCUT2D eigenvalue weighted by molar-refractivity contribution is 8.13. The second kappa shape index (κ2) is 3.69. The van der Waals surface area contributed by atoms with Crippen molar-refractivity contribution >= 4 is 17.0 Å². The molecule has 0 N–H and O–H groups in total. The molecule has 0 bridgehead atoms. The summed E-state index contributed by atoms with van der Waals surface area (Å²) in [6, 6.07) is 0. The molecule has 0 aromatic rings. The van der Waals surface area contributed by atoms with Crippen LogP contribution in [0.5, 0.6) is 0 Å². The van der Waals surface area contributed by atoms with Crippen molar-refractivity contribution in [2.45, 2.75) is 45.8 Å². The molecule has 1 heterocycles. The normalized spacial score (nSPS) is 27.7. The quantitative estimate of drug-likeness (QED) is 0.629. The van der Waals surface area contributed by atoms with Crippen molar-refractivity contribution in [2.75, 3.05) is 5.75 Å². The van der Waals surface area contributed by atoms with Crippen LogP contribution in [0.4, 0.5) is 0 Å². The maximum absolute atomic E-state index is 5.58. The average Bonchev–Trinajstić information content (AvgIpc) is 1.82. The smallest absolute Gasteiger partial charge is 0.246 e. The summed E-state index contributed by atoms with van der Waals surface area (Å²) in [5.74, 6) is 1.03. The molecule has 0 aromatic carbocycles. The molecule has 1 aliphatic rings. The number of rotatable bonds is 1. The molecule has 0 saturated heterocycles. The van der Waals surface area contributed by atoms with Crippen molar-refractivity contribution in [3.63, 3.8) is 0 Å². The van der Waals surface area contributed by atoms with Gasteiger partial charge in [0.25, 0.3) is 0 Å². The van der Waals surface area contributed by atoms with Gasteiger partial charge in [-0.25, -0.2) is 4.99 Å². The van der Waals surface area contributed by atoms with Gasteiger partial charge in [-0.2, -0.15) is 0 Å². The maximum Gasteiger partial charge on any atom is 0.246 e. The molecule has 3 heteroatoms. The minimum Gasteiger partial charge on any atom is -0.470 e. The third kappa shape index (κ3) is 2.70. The average molecular weight is 187 g/mol. The minimum atomic E-state index is 0.0647. The number of hydrogen-bond donors (Lipinski definition) is 0. The Morgan fingerprint density at radius 2 is 2.33 bits per heavy atom. The van der Waals surface area contributed by atoms with E-state index in [0.717, 1.165) is 17.4 Å². The molecule has 0 amide bonds. The van der Waals surface area contributed by atoms with Gasteiger partial charge < -0.3 is 4.74 Å². The fraction of sp³-hybridized carbons (Fsp3) is 0.889. The first-order chi connectivity index (χ1) is 5.53. The number of aliphatic imine (C=N–C) groups is 1. The van der Waals surface area contributed by atoms with Gasteiger partial charge in [0, 0.05) is 6.42 Å². The van der Waals surface area contributed by atoms with Crippen LogP contribution in [-0.4, -0.2) is 22.6 Å². The zero-order chi connectivity index (χ0) is 9.19. The fourth-order valence-corrected chi connectivity index (χ4v) is 2.22. The number of nitrogens with zero attached hydrogens (tertiary/aromatic N) is 1. The summed E-state index contributed by atoms with van der Waals surface area (Å²) in [5.41, 5.74) is 0.0647. The minimum absolute atomic E-state index is 0.0647. The Balaban J connectivity index is 2.66. The van der Waals surface area contributed by atoms with E-state index in [1.807, 2.05) is 0 Å². The Morgan fingerprint density at radius 1 is 1.67 bits per heavy atom. The van der Waals surface area contributed by atoms with Crippen LogP contribution in [-0.2, 0) is 4.74 Å². The Bertz CT molecular complexity index is 189. The molecule has 0 spiro atoms. The molecular formula is C9H17NOS. The molecule has 1 unspecified atom stereocenters. The monoisotopic (exact) mass is 187 g/mol. The van der Waals surface area contributed by atoms with Crippen molar-refractivity contribution in [3.05, 3.63) is 0 Å². The molecule has 70 valence electrons. The topological polar surface area (TPSA) is 21.6 Å². The summed E-state index contributed by atoms with van der Waals surface area (Å²) >= 11 is 1.69. The predicted molar refractivity (Wildman–Crippen MR) is 54.8 cm³/mol. The summed E-state index contributed by atoms with van der Waals surface area (Å²) in [6.07, 6.45) is 1.33. The van der Waals surface area contributed by atoms with Crippen molar-refractivity contribution in [1.29, 1.82) is 0 Å². The Morgan fingerprint density at radius 3 is 2.83 bits per heavy atom. The van der Waals surface area contributed by atoms with Crippen LogP contribution in [0.1, 0.15) is 34.1 Å². The van der Waals surface area contributed by atoms with E-state index >= 15 is 0 Å². The number of hydrogen-bond acceptors (Lipinski definition) is 3. The lowest BCUT2D eigenvalue weighted by Crippen LogP contribution is -2.32. The van der Waals surface area contributed by atoms with Crippen molar-refractivity contribution in [1.82, 2.24) is 0 Å². The Hall–Kier alpha value is -0.180. The maximum atomic E-state index is 5.58. The summed E-state index contributed by atoms with van der Waals surface area (Å²) in [4.78, 5) is 4.51. The Kier molecular flexibility index (Phi) is 3.04. The summed E-state index contributed by atoms with van der Waals surface area (Å²) in [5, 5.41) is 0.862. The molecule has 1 aliphatic heterocycles. The second-order valence-electron chi connectivity index (χ2n) is 3.76. The number of ether oxygens (including phenoxy) is 1. The third-order valence-corrected chi connectivity index (χ3v) is 2.47. The van der Waals surface area contributed by atoms with E-state index in [2.05, 4.69) is 32.7 Å². The molecule has 0 fully saturated rings. The van der Waals surface area contributed by atoms with Crippen LogP contribution < -0.4 is 0 Å². The first-order valence-corrected chi connectivity index (χ1v) is 5.41. The van der Waals surface area contributed by atoms with Crippen LogP contribution in [0, 0.1) is 0 Å². The van der Waals surface area contributed by atoms with E-state index in [4.69, 9.17) is 4.74 Å². The van der Waals surface area contributed by atoms with E-state index in [1.165, 1.54) is 0 Å². The molecule has 0 aliphatic carbocycles. The van der Waals surface area contributed by atoms with Gasteiger partial charge in [-0.3, -0.25) is 0 Å². The molecule has 1 rings (SSSR count). The van der Waals surface area contributed by atoms with Gasteiger partial charge in [-0.15, -0.1) is 0 Å². The first kappa shape index (κ1) is 9.90. The fourth-order valence-electron chi connectivity index (χ4n) is 1.43. The van der Waals surface area contributed by atoms with E-state index in [1.54, 1.807) is 11.8 Å². The highest BCUT2D eigenvalue weighted by atomic mass is 32.2. The molecule has 2 nitrogen and oxygen atoms in total. The van der Waals surface area contributed by atoms with E-state index in [0.29, 0.717) is 6.10 Å². The van der Waals surface area contributed by atoms with Crippen molar-refractivity contribution in [3.8, 4) is 0 Å². The van der Waals surface area contributed by atoms with E-state index < -0.39 is 0 Å². The van der Waals surface area contributed by atoms with Gasteiger partial charge in [-0.05, 0) is 26.5 Å².